The van der Waals surface area contributed by atoms with Gasteiger partial charge in [-0.3, -0.25) is 4.79 Å². The summed E-state index contributed by atoms with van der Waals surface area (Å²) in [6.45, 7) is 0.0600. The molecule has 0 bridgehead atoms. The van der Waals surface area contributed by atoms with Gasteiger partial charge in [0.1, 0.15) is 0 Å². The fourth-order valence-electron chi connectivity index (χ4n) is 2.48. The molecule has 2 aromatic rings. The predicted octanol–water partition coefficient (Wildman–Crippen LogP) is 2.83. The van der Waals surface area contributed by atoms with Crippen LogP contribution in [0.2, 0.25) is 5.02 Å². The summed E-state index contributed by atoms with van der Waals surface area (Å²) in [4.78, 5) is 12.9. The molecule has 0 amide bonds. The molecule has 1 saturated carbocycles. The Balaban J connectivity index is 1.98. The Morgan fingerprint density at radius 3 is 2.71 bits per heavy atom. The molecule has 1 aromatic carbocycles. The molecule has 128 valence electrons. The number of ketones is 1. The van der Waals surface area contributed by atoms with Crippen LogP contribution in [0.4, 0.5) is 0 Å². The molecule has 1 aliphatic carbocycles. The fourth-order valence-corrected chi connectivity index (χ4v) is 3.04. The zero-order valence-corrected chi connectivity index (χ0v) is 14.9. The van der Waals surface area contributed by atoms with Gasteiger partial charge in [-0.15, -0.1) is 0 Å². The van der Waals surface area contributed by atoms with Gasteiger partial charge in [0.15, 0.2) is 11.5 Å². The highest BCUT2D eigenvalue weighted by Gasteiger charge is 2.33. The number of carbonyl (C=O) groups excluding carboxylic acids is 1. The van der Waals surface area contributed by atoms with Crippen molar-refractivity contribution in [1.82, 2.24) is 9.46 Å². The summed E-state index contributed by atoms with van der Waals surface area (Å²) in [6, 6.07) is 4.84. The van der Waals surface area contributed by atoms with Crippen molar-refractivity contribution in [3.8, 4) is 0 Å². The molecular weight excluding hydrogens is 352 g/mol. The lowest BCUT2D eigenvalue weighted by Gasteiger charge is -2.16. The number of carbonyl (C=O) groups is 1. The third kappa shape index (κ3) is 3.53. The first-order valence-corrected chi connectivity index (χ1v) is 9.69. The normalized spacial score (nSPS) is 15.0. The van der Waals surface area contributed by atoms with Gasteiger partial charge >= 0.3 is 0 Å². The zero-order chi connectivity index (χ0) is 17.5. The van der Waals surface area contributed by atoms with Crippen molar-refractivity contribution >= 4 is 27.4 Å². The highest BCUT2D eigenvalue weighted by atomic mass is 35.5. The van der Waals surface area contributed by atoms with Gasteiger partial charge < -0.3 is 4.52 Å². The minimum Gasteiger partial charge on any atom is -0.360 e. The number of nitrogens with zero attached hydrogens (tertiary/aromatic N) is 2. The third-order valence-corrected chi connectivity index (χ3v) is 5.56. The molecule has 0 spiro atoms. The van der Waals surface area contributed by atoms with E-state index >= 15 is 0 Å². The highest BCUT2D eigenvalue weighted by molar-refractivity contribution is 7.88. The molecule has 0 aliphatic heterocycles. The van der Waals surface area contributed by atoms with Crippen LogP contribution in [-0.4, -0.2) is 37.0 Å². The first-order chi connectivity index (χ1) is 11.3. The van der Waals surface area contributed by atoms with Crippen molar-refractivity contribution < 1.29 is 17.7 Å². The molecule has 3 rings (SSSR count). The maximum Gasteiger partial charge on any atom is 0.211 e. The average Bonchev–Trinajstić information content (AvgIpc) is 3.23. The monoisotopic (exact) mass is 368 g/mol. The van der Waals surface area contributed by atoms with E-state index in [9.17, 15) is 13.2 Å². The molecular formula is C16H17ClN2O4S. The molecule has 8 heteroatoms. The maximum atomic E-state index is 12.9. The summed E-state index contributed by atoms with van der Waals surface area (Å²) < 4.78 is 29.7. The van der Waals surface area contributed by atoms with E-state index in [0.29, 0.717) is 27.5 Å². The van der Waals surface area contributed by atoms with Gasteiger partial charge in [-0.2, -0.15) is 0 Å². The van der Waals surface area contributed by atoms with E-state index in [1.807, 2.05) is 0 Å². The Kier molecular flexibility index (Phi) is 4.50. The number of rotatable bonds is 6. The number of sulfonamides is 1. The molecule has 24 heavy (non-hydrogen) atoms. The summed E-state index contributed by atoms with van der Waals surface area (Å²) >= 11 is 6.03. The Labute approximate surface area is 145 Å². The van der Waals surface area contributed by atoms with E-state index in [1.54, 1.807) is 18.2 Å². The molecule has 0 saturated heterocycles. The number of hydrogen-bond acceptors (Lipinski definition) is 5. The molecule has 6 nitrogen and oxygen atoms in total. The largest absolute Gasteiger partial charge is 0.360 e. The summed E-state index contributed by atoms with van der Waals surface area (Å²) in [5.74, 6) is 0.630. The summed E-state index contributed by atoms with van der Waals surface area (Å²) in [5.41, 5.74) is 1.38. The van der Waals surface area contributed by atoms with Crippen molar-refractivity contribution in [1.29, 1.82) is 0 Å². The lowest BCUT2D eigenvalue weighted by Crippen LogP contribution is -2.26. The van der Waals surface area contributed by atoms with Gasteiger partial charge in [0.25, 0.3) is 0 Å². The second-order valence-corrected chi connectivity index (χ2v) is 8.55. The maximum absolute atomic E-state index is 12.9. The zero-order valence-electron chi connectivity index (χ0n) is 13.3. The minimum atomic E-state index is -3.37. The van der Waals surface area contributed by atoms with Crippen LogP contribution in [0.5, 0.6) is 0 Å². The number of benzene rings is 1. The Hall–Kier alpha value is -1.70. The molecule has 1 fully saturated rings. The quantitative estimate of drug-likeness (QED) is 0.732. The standard InChI is InChI=1S/C16H17ClN2O4S/c1-19(24(2,21)22)9-11-7-12(17)5-6-13(11)15(20)14-8-18-23-16(14)10-3-4-10/h5-8,10H,3-4,9H2,1-2H3. The summed E-state index contributed by atoms with van der Waals surface area (Å²) in [6.07, 6.45) is 4.51. The van der Waals surface area contributed by atoms with Gasteiger partial charge in [-0.05, 0) is 36.6 Å². The van der Waals surface area contributed by atoms with E-state index in [0.717, 1.165) is 19.1 Å². The molecule has 0 N–H and O–H groups in total. The smallest absolute Gasteiger partial charge is 0.211 e. The SMILES string of the molecule is CN(Cc1cc(Cl)ccc1C(=O)c1cnoc1C1CC1)S(C)(=O)=O. The number of hydrogen-bond donors (Lipinski definition) is 0. The van der Waals surface area contributed by atoms with Gasteiger partial charge in [0, 0.05) is 30.1 Å². The van der Waals surface area contributed by atoms with Crippen molar-refractivity contribution in [2.45, 2.75) is 25.3 Å². The van der Waals surface area contributed by atoms with Crippen LogP contribution < -0.4 is 0 Å². The topological polar surface area (TPSA) is 80.5 Å². The summed E-state index contributed by atoms with van der Waals surface area (Å²) in [5, 5.41) is 4.19. The Morgan fingerprint density at radius 2 is 2.08 bits per heavy atom. The third-order valence-electron chi connectivity index (χ3n) is 4.06. The van der Waals surface area contributed by atoms with Crippen LogP contribution in [-0.2, 0) is 16.6 Å². The van der Waals surface area contributed by atoms with Crippen LogP contribution in [0.25, 0.3) is 0 Å². The van der Waals surface area contributed by atoms with Crippen LogP contribution in [0.1, 0.15) is 46.0 Å². The molecule has 0 unspecified atom stereocenters. The van der Waals surface area contributed by atoms with Crippen LogP contribution in [0.15, 0.2) is 28.9 Å². The Morgan fingerprint density at radius 1 is 1.38 bits per heavy atom. The highest BCUT2D eigenvalue weighted by Crippen LogP contribution is 2.42. The molecule has 1 aliphatic rings. The van der Waals surface area contributed by atoms with Crippen LogP contribution >= 0.6 is 11.6 Å². The lowest BCUT2D eigenvalue weighted by atomic mass is 9.98. The molecule has 1 heterocycles. The van der Waals surface area contributed by atoms with Crippen molar-refractivity contribution in [2.24, 2.45) is 0 Å². The van der Waals surface area contributed by atoms with Gasteiger partial charge in [-0.1, -0.05) is 16.8 Å². The van der Waals surface area contributed by atoms with E-state index in [1.165, 1.54) is 17.5 Å². The van der Waals surface area contributed by atoms with E-state index in [-0.39, 0.29) is 18.2 Å². The van der Waals surface area contributed by atoms with Crippen molar-refractivity contribution in [3.05, 3.63) is 51.9 Å². The fraction of sp³-hybridized carbons (Fsp3) is 0.375. The van der Waals surface area contributed by atoms with Crippen LogP contribution in [0, 0.1) is 0 Å². The second-order valence-electron chi connectivity index (χ2n) is 6.03. The van der Waals surface area contributed by atoms with Crippen LogP contribution in [0.3, 0.4) is 0 Å². The minimum absolute atomic E-state index is 0.0600. The van der Waals surface area contributed by atoms with Gasteiger partial charge in [0.05, 0.1) is 18.0 Å². The number of aromatic nitrogens is 1. The second kappa shape index (κ2) is 6.31. The van der Waals surface area contributed by atoms with Crippen molar-refractivity contribution in [2.75, 3.05) is 13.3 Å². The molecule has 1 aromatic heterocycles. The predicted molar refractivity (Wildman–Crippen MR) is 89.7 cm³/mol. The lowest BCUT2D eigenvalue weighted by molar-refractivity contribution is 0.103. The Bertz CT molecular complexity index is 887. The van der Waals surface area contributed by atoms with E-state index in [2.05, 4.69) is 5.16 Å². The van der Waals surface area contributed by atoms with Gasteiger partial charge in [-0.25, -0.2) is 12.7 Å². The van der Waals surface area contributed by atoms with E-state index in [4.69, 9.17) is 16.1 Å². The van der Waals surface area contributed by atoms with Gasteiger partial charge in [0.2, 0.25) is 10.0 Å². The summed E-state index contributed by atoms with van der Waals surface area (Å²) in [7, 11) is -1.92. The first-order valence-electron chi connectivity index (χ1n) is 7.46. The van der Waals surface area contributed by atoms with Crippen molar-refractivity contribution in [3.63, 3.8) is 0 Å². The molecule has 0 radical (unpaired) electrons. The van der Waals surface area contributed by atoms with E-state index < -0.39 is 10.0 Å². The number of halogens is 1. The molecule has 0 atom stereocenters. The average molecular weight is 369 g/mol. The first kappa shape index (κ1) is 17.1.